The average Bonchev–Trinajstić information content (AvgIpc) is 2.70. The molecule has 0 fully saturated rings. The van der Waals surface area contributed by atoms with E-state index in [2.05, 4.69) is 5.32 Å². The van der Waals surface area contributed by atoms with Crippen LogP contribution in [0.15, 0.2) is 78.9 Å². The van der Waals surface area contributed by atoms with Crippen LogP contribution in [0.1, 0.15) is 17.2 Å². The molecule has 0 radical (unpaired) electrons. The molecule has 1 amide bonds. The van der Waals surface area contributed by atoms with Gasteiger partial charge in [0.2, 0.25) is 6.10 Å². The first-order chi connectivity index (χ1) is 13.5. The smallest absolute Gasteiger partial charge is 0.311 e. The summed E-state index contributed by atoms with van der Waals surface area (Å²) in [6, 6.07) is 19.3. The van der Waals surface area contributed by atoms with Crippen molar-refractivity contribution in [3.8, 4) is 0 Å². The largest absolute Gasteiger partial charge is 0.447 e. The molecule has 0 bridgehead atoms. The quantitative estimate of drug-likeness (QED) is 0.643. The van der Waals surface area contributed by atoms with Gasteiger partial charge in [-0.2, -0.15) is 0 Å². The minimum Gasteiger partial charge on any atom is -0.447 e. The van der Waals surface area contributed by atoms with Gasteiger partial charge in [-0.3, -0.25) is 9.59 Å². The Labute approximate surface area is 160 Å². The molecular formula is C22H17F2NO3. The molecule has 3 aromatic rings. The van der Waals surface area contributed by atoms with E-state index in [1.54, 1.807) is 30.3 Å². The Balaban J connectivity index is 1.75. The van der Waals surface area contributed by atoms with Crippen LogP contribution >= 0.6 is 0 Å². The zero-order chi connectivity index (χ0) is 19.9. The van der Waals surface area contributed by atoms with Gasteiger partial charge in [-0.15, -0.1) is 0 Å². The number of nitrogens with one attached hydrogen (secondary N) is 1. The first-order valence-corrected chi connectivity index (χ1v) is 8.56. The number of hydrogen-bond donors (Lipinski definition) is 1. The third kappa shape index (κ3) is 5.23. The van der Waals surface area contributed by atoms with E-state index in [1.807, 2.05) is 0 Å². The average molecular weight is 381 g/mol. The molecule has 3 rings (SSSR count). The number of hydrogen-bond acceptors (Lipinski definition) is 3. The molecule has 0 unspecified atom stereocenters. The number of esters is 1. The zero-order valence-electron chi connectivity index (χ0n) is 14.8. The highest BCUT2D eigenvalue weighted by Crippen LogP contribution is 2.21. The van der Waals surface area contributed by atoms with E-state index in [4.69, 9.17) is 4.74 Å². The summed E-state index contributed by atoms with van der Waals surface area (Å²) in [5.41, 5.74) is 1.44. The van der Waals surface area contributed by atoms with Crippen LogP contribution in [0.3, 0.4) is 0 Å². The molecule has 0 heterocycles. The molecular weight excluding hydrogens is 364 g/mol. The van der Waals surface area contributed by atoms with Gasteiger partial charge in [0.05, 0.1) is 6.42 Å². The van der Waals surface area contributed by atoms with Crippen molar-refractivity contribution in [2.45, 2.75) is 12.5 Å². The van der Waals surface area contributed by atoms with Crippen LogP contribution in [0.2, 0.25) is 0 Å². The number of amides is 1. The van der Waals surface area contributed by atoms with E-state index in [0.29, 0.717) is 16.8 Å². The van der Waals surface area contributed by atoms with Gasteiger partial charge in [0, 0.05) is 11.3 Å². The second-order valence-electron chi connectivity index (χ2n) is 6.08. The predicted molar refractivity (Wildman–Crippen MR) is 100 cm³/mol. The van der Waals surface area contributed by atoms with Gasteiger partial charge in [-0.25, -0.2) is 8.78 Å². The van der Waals surface area contributed by atoms with Crippen LogP contribution in [-0.2, 0) is 20.7 Å². The number of anilines is 1. The van der Waals surface area contributed by atoms with Gasteiger partial charge < -0.3 is 10.1 Å². The van der Waals surface area contributed by atoms with Crippen LogP contribution in [0.25, 0.3) is 0 Å². The molecule has 0 saturated carbocycles. The lowest BCUT2D eigenvalue weighted by Gasteiger charge is -2.18. The SMILES string of the molecule is O=C(Cc1ccc(F)cc1)O[C@H](C(=O)Nc1ccc(F)cc1)c1ccccc1. The summed E-state index contributed by atoms with van der Waals surface area (Å²) in [6.45, 7) is 0. The van der Waals surface area contributed by atoms with E-state index < -0.39 is 29.6 Å². The number of carbonyl (C=O) groups excluding carboxylic acids is 2. The fourth-order valence-corrected chi connectivity index (χ4v) is 2.58. The van der Waals surface area contributed by atoms with Crippen molar-refractivity contribution in [1.29, 1.82) is 0 Å². The Morgan fingerprint density at radius 1 is 0.821 bits per heavy atom. The molecule has 142 valence electrons. The number of benzene rings is 3. The molecule has 6 heteroatoms. The van der Waals surface area contributed by atoms with Crippen molar-refractivity contribution < 1.29 is 23.1 Å². The fraction of sp³-hybridized carbons (Fsp3) is 0.0909. The van der Waals surface area contributed by atoms with Crippen LogP contribution in [0.5, 0.6) is 0 Å². The first kappa shape index (κ1) is 19.2. The highest BCUT2D eigenvalue weighted by molar-refractivity contribution is 5.96. The van der Waals surface area contributed by atoms with Crippen molar-refractivity contribution in [3.05, 3.63) is 102 Å². The Morgan fingerprint density at radius 2 is 1.39 bits per heavy atom. The molecule has 28 heavy (non-hydrogen) atoms. The lowest BCUT2D eigenvalue weighted by molar-refractivity contribution is -0.154. The van der Waals surface area contributed by atoms with Gasteiger partial charge in [-0.1, -0.05) is 42.5 Å². The van der Waals surface area contributed by atoms with Crippen molar-refractivity contribution in [2.75, 3.05) is 5.32 Å². The van der Waals surface area contributed by atoms with Crippen LogP contribution < -0.4 is 5.32 Å². The third-order valence-electron chi connectivity index (χ3n) is 3.96. The number of carbonyl (C=O) groups is 2. The normalized spacial score (nSPS) is 11.5. The lowest BCUT2D eigenvalue weighted by atomic mass is 10.1. The Morgan fingerprint density at radius 3 is 2.00 bits per heavy atom. The molecule has 0 aliphatic rings. The molecule has 0 saturated heterocycles. The van der Waals surface area contributed by atoms with E-state index >= 15 is 0 Å². The summed E-state index contributed by atoms with van der Waals surface area (Å²) in [7, 11) is 0. The third-order valence-corrected chi connectivity index (χ3v) is 3.96. The van der Waals surface area contributed by atoms with Crippen LogP contribution in [-0.4, -0.2) is 11.9 Å². The second-order valence-corrected chi connectivity index (χ2v) is 6.08. The van der Waals surface area contributed by atoms with Crippen molar-refractivity contribution in [1.82, 2.24) is 0 Å². The lowest BCUT2D eigenvalue weighted by Crippen LogP contribution is -2.26. The standard InChI is InChI=1S/C22H17F2NO3/c23-17-8-6-15(7-9-17)14-20(26)28-21(16-4-2-1-3-5-16)22(27)25-19-12-10-18(24)11-13-19/h1-13,21H,14H2,(H,25,27)/t21-/m0/s1. The topological polar surface area (TPSA) is 55.4 Å². The van der Waals surface area contributed by atoms with E-state index in [9.17, 15) is 18.4 Å². The molecule has 4 nitrogen and oxygen atoms in total. The summed E-state index contributed by atoms with van der Waals surface area (Å²) in [5, 5.41) is 2.61. The van der Waals surface area contributed by atoms with Gasteiger partial charge in [0.15, 0.2) is 0 Å². The van der Waals surface area contributed by atoms with Crippen molar-refractivity contribution in [3.63, 3.8) is 0 Å². The molecule has 0 aliphatic carbocycles. The molecule has 3 aromatic carbocycles. The van der Waals surface area contributed by atoms with Crippen molar-refractivity contribution >= 4 is 17.6 Å². The maximum Gasteiger partial charge on any atom is 0.311 e. The Hall–Kier alpha value is -3.54. The molecule has 1 N–H and O–H groups in total. The summed E-state index contributed by atoms with van der Waals surface area (Å²) in [4.78, 5) is 25.0. The number of ether oxygens (including phenoxy) is 1. The van der Waals surface area contributed by atoms with Gasteiger partial charge in [0.25, 0.3) is 5.91 Å². The highest BCUT2D eigenvalue weighted by Gasteiger charge is 2.25. The van der Waals surface area contributed by atoms with Crippen molar-refractivity contribution in [2.24, 2.45) is 0 Å². The molecule has 0 aromatic heterocycles. The minimum absolute atomic E-state index is 0.104. The summed E-state index contributed by atoms with van der Waals surface area (Å²) >= 11 is 0. The second kappa shape index (κ2) is 8.90. The zero-order valence-corrected chi connectivity index (χ0v) is 14.8. The Kier molecular flexibility index (Phi) is 6.11. The van der Waals surface area contributed by atoms with E-state index in [-0.39, 0.29) is 6.42 Å². The summed E-state index contributed by atoms with van der Waals surface area (Å²) in [5.74, 6) is -2.03. The van der Waals surface area contributed by atoms with E-state index in [1.165, 1.54) is 48.5 Å². The van der Waals surface area contributed by atoms with Crippen LogP contribution in [0, 0.1) is 11.6 Å². The molecule has 0 aliphatic heterocycles. The van der Waals surface area contributed by atoms with Gasteiger partial charge >= 0.3 is 5.97 Å². The van der Waals surface area contributed by atoms with Crippen LogP contribution in [0.4, 0.5) is 14.5 Å². The highest BCUT2D eigenvalue weighted by atomic mass is 19.1. The number of halogens is 2. The van der Waals surface area contributed by atoms with Gasteiger partial charge in [-0.05, 0) is 42.0 Å². The summed E-state index contributed by atoms with van der Waals surface area (Å²) < 4.78 is 31.5. The maximum absolute atomic E-state index is 13.0. The van der Waals surface area contributed by atoms with E-state index in [0.717, 1.165) is 0 Å². The minimum atomic E-state index is -1.18. The monoisotopic (exact) mass is 381 g/mol. The summed E-state index contributed by atoms with van der Waals surface area (Å²) in [6.07, 6.45) is -1.29. The predicted octanol–water partition coefficient (Wildman–Crippen LogP) is 4.43. The first-order valence-electron chi connectivity index (χ1n) is 8.56. The van der Waals surface area contributed by atoms with Gasteiger partial charge in [0.1, 0.15) is 11.6 Å². The Bertz CT molecular complexity index is 942. The number of rotatable bonds is 6. The fourth-order valence-electron chi connectivity index (χ4n) is 2.58. The maximum atomic E-state index is 13.0. The molecule has 0 spiro atoms. The molecule has 1 atom stereocenters.